The maximum absolute atomic E-state index is 12.7. The molecular formula is C22H15N5O2. The van der Waals surface area contributed by atoms with Crippen molar-refractivity contribution < 1.29 is 4.79 Å². The van der Waals surface area contributed by atoms with Crippen molar-refractivity contribution in [2.24, 2.45) is 0 Å². The number of hydrogen-bond donors (Lipinski definition) is 2. The van der Waals surface area contributed by atoms with Gasteiger partial charge in [-0.3, -0.25) is 14.2 Å². The number of aromatic amines is 1. The number of benzene rings is 3. The van der Waals surface area contributed by atoms with Crippen molar-refractivity contribution in [3.05, 3.63) is 95.2 Å². The summed E-state index contributed by atoms with van der Waals surface area (Å²) in [7, 11) is 0. The van der Waals surface area contributed by atoms with Crippen LogP contribution in [0.3, 0.4) is 0 Å². The Labute approximate surface area is 164 Å². The Hall–Kier alpha value is -4.26. The van der Waals surface area contributed by atoms with Gasteiger partial charge in [-0.05, 0) is 42.5 Å². The van der Waals surface area contributed by atoms with Crippen LogP contribution in [0.5, 0.6) is 0 Å². The molecule has 140 valence electrons. The fourth-order valence-corrected chi connectivity index (χ4v) is 3.35. The molecule has 7 nitrogen and oxygen atoms in total. The molecule has 0 aliphatic carbocycles. The molecule has 3 aromatic carbocycles. The number of anilines is 1. The second-order valence-corrected chi connectivity index (χ2v) is 6.55. The molecule has 0 saturated heterocycles. The van der Waals surface area contributed by atoms with Gasteiger partial charge in [0.1, 0.15) is 6.33 Å². The van der Waals surface area contributed by atoms with Crippen molar-refractivity contribution in [1.29, 1.82) is 0 Å². The molecule has 0 aliphatic rings. The van der Waals surface area contributed by atoms with Crippen LogP contribution in [0.1, 0.15) is 10.5 Å². The minimum atomic E-state index is -0.390. The van der Waals surface area contributed by atoms with Crippen LogP contribution in [0.15, 0.2) is 83.9 Å². The second-order valence-electron chi connectivity index (χ2n) is 6.55. The van der Waals surface area contributed by atoms with Gasteiger partial charge in [-0.15, -0.1) is 0 Å². The van der Waals surface area contributed by atoms with Crippen LogP contribution in [0.25, 0.3) is 27.5 Å². The molecule has 2 aromatic heterocycles. The molecule has 2 heterocycles. The number of para-hydroxylation sites is 2. The first-order chi connectivity index (χ1) is 14.2. The van der Waals surface area contributed by atoms with Crippen molar-refractivity contribution in [3.8, 4) is 5.69 Å². The normalized spacial score (nSPS) is 11.0. The van der Waals surface area contributed by atoms with Gasteiger partial charge in [-0.25, -0.2) is 10.1 Å². The number of hydrogen-bond acceptors (Lipinski definition) is 4. The number of carbonyl (C=O) groups excluding carboxylic acids is 1. The van der Waals surface area contributed by atoms with E-state index in [1.54, 1.807) is 30.6 Å². The molecule has 0 atom stereocenters. The van der Waals surface area contributed by atoms with E-state index in [0.717, 1.165) is 16.7 Å². The second kappa shape index (κ2) is 6.72. The molecule has 5 aromatic rings. The van der Waals surface area contributed by atoms with Gasteiger partial charge in [-0.1, -0.05) is 30.3 Å². The number of fused-ring (bicyclic) bond motifs is 2. The molecule has 7 heteroatoms. The summed E-state index contributed by atoms with van der Waals surface area (Å²) < 4.78 is 1.98. The molecule has 0 bridgehead atoms. The minimum Gasteiger partial charge on any atom is -0.321 e. The highest BCUT2D eigenvalue weighted by atomic mass is 16.2. The fraction of sp³-hybridized carbons (Fsp3) is 0. The summed E-state index contributed by atoms with van der Waals surface area (Å²) in [6.07, 6.45) is 1.77. The Kier molecular flexibility index (Phi) is 3.91. The summed E-state index contributed by atoms with van der Waals surface area (Å²) in [6.45, 7) is 0. The van der Waals surface area contributed by atoms with Crippen LogP contribution in [0.2, 0.25) is 0 Å². The van der Waals surface area contributed by atoms with Crippen LogP contribution in [-0.2, 0) is 0 Å². The van der Waals surface area contributed by atoms with Gasteiger partial charge in [0, 0.05) is 16.8 Å². The summed E-state index contributed by atoms with van der Waals surface area (Å²) in [6, 6.07) is 22.2. The van der Waals surface area contributed by atoms with Gasteiger partial charge in [0.05, 0.1) is 16.4 Å². The average Bonchev–Trinajstić information content (AvgIpc) is 3.19. The smallest absolute Gasteiger partial charge is 0.276 e. The fourth-order valence-electron chi connectivity index (χ4n) is 3.35. The van der Waals surface area contributed by atoms with E-state index in [1.807, 2.05) is 53.1 Å². The van der Waals surface area contributed by atoms with E-state index in [9.17, 15) is 9.59 Å². The van der Waals surface area contributed by atoms with Crippen molar-refractivity contribution in [3.63, 3.8) is 0 Å². The van der Waals surface area contributed by atoms with E-state index in [0.29, 0.717) is 16.5 Å². The highest BCUT2D eigenvalue weighted by Gasteiger charge is 2.14. The van der Waals surface area contributed by atoms with Crippen LogP contribution in [-0.4, -0.2) is 25.7 Å². The number of H-pyrrole nitrogens is 1. The Bertz CT molecular complexity index is 1420. The number of rotatable bonds is 3. The van der Waals surface area contributed by atoms with Gasteiger partial charge in [-0.2, -0.15) is 5.10 Å². The van der Waals surface area contributed by atoms with Crippen molar-refractivity contribution in [2.45, 2.75) is 0 Å². The lowest BCUT2D eigenvalue weighted by Gasteiger charge is -2.09. The SMILES string of the molecule is O=C(Nc1ccc(-n2cnc3ccccc32)cc1)c1n[nH]c(=O)c2ccccc12. The number of imidazole rings is 1. The highest BCUT2D eigenvalue weighted by Crippen LogP contribution is 2.20. The standard InChI is InChI=1S/C22H15N5O2/c28-21-17-6-2-1-5-16(17)20(25-26-21)22(29)24-14-9-11-15(12-10-14)27-13-23-18-7-3-4-8-19(18)27/h1-13H,(H,24,29)(H,26,28). The molecule has 0 aliphatic heterocycles. The Morgan fingerprint density at radius 2 is 1.62 bits per heavy atom. The maximum Gasteiger partial charge on any atom is 0.276 e. The van der Waals surface area contributed by atoms with Crippen LogP contribution in [0, 0.1) is 0 Å². The molecule has 0 saturated carbocycles. The van der Waals surface area contributed by atoms with Gasteiger partial charge >= 0.3 is 0 Å². The molecule has 29 heavy (non-hydrogen) atoms. The molecule has 5 rings (SSSR count). The summed E-state index contributed by atoms with van der Waals surface area (Å²) in [4.78, 5) is 29.0. The molecule has 2 N–H and O–H groups in total. The summed E-state index contributed by atoms with van der Waals surface area (Å²) in [5.74, 6) is -0.390. The van der Waals surface area contributed by atoms with Gasteiger partial charge in [0.25, 0.3) is 11.5 Å². The van der Waals surface area contributed by atoms with Gasteiger partial charge < -0.3 is 5.32 Å². The monoisotopic (exact) mass is 381 g/mol. The molecule has 0 fully saturated rings. The minimum absolute atomic E-state index is 0.171. The van der Waals surface area contributed by atoms with Crippen molar-refractivity contribution in [2.75, 3.05) is 5.32 Å². The van der Waals surface area contributed by atoms with E-state index in [-0.39, 0.29) is 11.3 Å². The third kappa shape index (κ3) is 2.94. The Morgan fingerprint density at radius 1 is 0.897 bits per heavy atom. The van der Waals surface area contributed by atoms with Crippen LogP contribution >= 0.6 is 0 Å². The van der Waals surface area contributed by atoms with Crippen molar-refractivity contribution >= 4 is 33.4 Å². The first kappa shape index (κ1) is 16.9. The summed E-state index contributed by atoms with van der Waals surface area (Å²) in [5.41, 5.74) is 3.33. The summed E-state index contributed by atoms with van der Waals surface area (Å²) in [5, 5.41) is 10.1. The largest absolute Gasteiger partial charge is 0.321 e. The zero-order valence-corrected chi connectivity index (χ0v) is 15.2. The third-order valence-corrected chi connectivity index (χ3v) is 4.77. The molecule has 0 spiro atoms. The first-order valence-electron chi connectivity index (χ1n) is 9.02. The third-order valence-electron chi connectivity index (χ3n) is 4.77. The maximum atomic E-state index is 12.7. The number of nitrogens with one attached hydrogen (secondary N) is 2. The Morgan fingerprint density at radius 3 is 2.45 bits per heavy atom. The van der Waals surface area contributed by atoms with E-state index in [4.69, 9.17) is 0 Å². The van der Waals surface area contributed by atoms with E-state index < -0.39 is 5.91 Å². The number of amides is 1. The number of nitrogens with zero attached hydrogens (tertiary/aromatic N) is 3. The molecular weight excluding hydrogens is 366 g/mol. The lowest BCUT2D eigenvalue weighted by molar-refractivity contribution is 0.102. The van der Waals surface area contributed by atoms with E-state index in [1.165, 1.54) is 0 Å². The zero-order chi connectivity index (χ0) is 19.8. The first-order valence-corrected chi connectivity index (χ1v) is 9.02. The molecule has 0 unspecified atom stereocenters. The lowest BCUT2D eigenvalue weighted by atomic mass is 10.1. The zero-order valence-electron chi connectivity index (χ0n) is 15.2. The van der Waals surface area contributed by atoms with E-state index >= 15 is 0 Å². The average molecular weight is 381 g/mol. The predicted molar refractivity (Wildman–Crippen MR) is 111 cm³/mol. The van der Waals surface area contributed by atoms with Crippen LogP contribution < -0.4 is 10.9 Å². The van der Waals surface area contributed by atoms with Crippen LogP contribution in [0.4, 0.5) is 5.69 Å². The van der Waals surface area contributed by atoms with Gasteiger partial charge in [0.15, 0.2) is 5.69 Å². The van der Waals surface area contributed by atoms with Gasteiger partial charge in [0.2, 0.25) is 0 Å². The predicted octanol–water partition coefficient (Wildman–Crippen LogP) is 3.51. The van der Waals surface area contributed by atoms with E-state index in [2.05, 4.69) is 20.5 Å². The molecule has 1 amide bonds. The number of carbonyl (C=O) groups is 1. The highest BCUT2D eigenvalue weighted by molar-refractivity contribution is 6.11. The molecule has 0 radical (unpaired) electrons. The lowest BCUT2D eigenvalue weighted by Crippen LogP contribution is -2.19. The number of aromatic nitrogens is 4. The van der Waals surface area contributed by atoms with Crippen molar-refractivity contribution in [1.82, 2.24) is 19.7 Å². The topological polar surface area (TPSA) is 92.7 Å². The Balaban J connectivity index is 1.44. The quantitative estimate of drug-likeness (QED) is 0.500. The summed E-state index contributed by atoms with van der Waals surface area (Å²) >= 11 is 0.